The molecule has 0 radical (unpaired) electrons. The maximum Gasteiger partial charge on any atom is 0.260 e. The molecule has 7 heteroatoms. The molecule has 1 aromatic carbocycles. The van der Waals surface area contributed by atoms with Crippen LogP contribution in [0.2, 0.25) is 0 Å². The Kier molecular flexibility index (Phi) is 5.66. The van der Waals surface area contributed by atoms with Gasteiger partial charge in [0.2, 0.25) is 5.88 Å². The number of rotatable bonds is 6. The van der Waals surface area contributed by atoms with Gasteiger partial charge in [0.25, 0.3) is 5.91 Å². The van der Waals surface area contributed by atoms with Crippen LogP contribution in [0.3, 0.4) is 0 Å². The Bertz CT molecular complexity index is 678. The number of hydrogen-bond donors (Lipinski definition) is 0. The lowest BCUT2D eigenvalue weighted by Crippen LogP contribution is -2.46. The number of carbonyl (C=O) groups excluding carboxylic acids is 1. The van der Waals surface area contributed by atoms with Crippen LogP contribution < -0.4 is 14.2 Å². The minimum absolute atomic E-state index is 0.00416. The highest BCUT2D eigenvalue weighted by molar-refractivity contribution is 5.77. The monoisotopic (exact) mass is 343 g/mol. The maximum atomic E-state index is 12.4. The topological polar surface area (TPSA) is 73.8 Å². The first kappa shape index (κ1) is 17.0. The Morgan fingerprint density at radius 1 is 1.24 bits per heavy atom. The summed E-state index contributed by atoms with van der Waals surface area (Å²) in [7, 11) is 1.61. The van der Waals surface area contributed by atoms with Crippen LogP contribution >= 0.6 is 0 Å². The molecule has 25 heavy (non-hydrogen) atoms. The highest BCUT2D eigenvalue weighted by Gasteiger charge is 2.25. The molecule has 2 aromatic rings. The van der Waals surface area contributed by atoms with Crippen LogP contribution in [-0.4, -0.2) is 53.9 Å². The summed E-state index contributed by atoms with van der Waals surface area (Å²) in [6, 6.07) is 10.7. The molecule has 0 aliphatic carbocycles. The molecule has 0 bridgehead atoms. The van der Waals surface area contributed by atoms with Crippen LogP contribution in [0.4, 0.5) is 0 Å². The average Bonchev–Trinajstić information content (AvgIpc) is 2.67. The van der Waals surface area contributed by atoms with Gasteiger partial charge in [-0.1, -0.05) is 0 Å². The molecular weight excluding hydrogens is 322 g/mol. The van der Waals surface area contributed by atoms with Gasteiger partial charge in [-0.15, -0.1) is 5.10 Å². The van der Waals surface area contributed by atoms with Crippen LogP contribution in [-0.2, 0) is 4.79 Å². The molecule has 132 valence electrons. The summed E-state index contributed by atoms with van der Waals surface area (Å²) < 4.78 is 16.5. The summed E-state index contributed by atoms with van der Waals surface area (Å²) >= 11 is 0. The van der Waals surface area contributed by atoms with Crippen molar-refractivity contribution < 1.29 is 19.0 Å². The van der Waals surface area contributed by atoms with Gasteiger partial charge in [0.15, 0.2) is 6.61 Å². The maximum absolute atomic E-state index is 12.4. The quantitative estimate of drug-likeness (QED) is 0.798. The molecule has 3 rings (SSSR count). The van der Waals surface area contributed by atoms with Crippen LogP contribution in [0.1, 0.15) is 12.8 Å². The molecule has 1 atom stereocenters. The second kappa shape index (κ2) is 8.32. The lowest BCUT2D eigenvalue weighted by atomic mass is 10.1. The number of likely N-dealkylation sites (tertiary alicyclic amines) is 1. The largest absolute Gasteiger partial charge is 0.497 e. The Hall–Kier alpha value is -2.83. The minimum Gasteiger partial charge on any atom is -0.497 e. The zero-order chi connectivity index (χ0) is 17.5. The zero-order valence-electron chi connectivity index (χ0n) is 14.1. The number of benzene rings is 1. The standard InChI is InChI=1S/C18H21N3O4/c1-23-14-6-8-15(9-7-14)24-13-18(22)21-11-3-4-16(12-21)25-17-5-2-10-19-20-17/h2,5-10,16H,3-4,11-13H2,1H3. The number of hydrogen-bond acceptors (Lipinski definition) is 6. The van der Waals surface area contributed by atoms with Crippen molar-refractivity contribution in [2.45, 2.75) is 18.9 Å². The third-order valence-electron chi connectivity index (χ3n) is 3.99. The molecule has 0 spiro atoms. The van der Waals surface area contributed by atoms with Gasteiger partial charge < -0.3 is 19.1 Å². The molecule has 1 aliphatic heterocycles. The fourth-order valence-corrected chi connectivity index (χ4v) is 2.69. The highest BCUT2D eigenvalue weighted by atomic mass is 16.5. The van der Waals surface area contributed by atoms with Crippen LogP contribution in [0.25, 0.3) is 0 Å². The zero-order valence-corrected chi connectivity index (χ0v) is 14.1. The highest BCUT2D eigenvalue weighted by Crippen LogP contribution is 2.18. The predicted octanol–water partition coefficient (Wildman–Crippen LogP) is 1.93. The van der Waals surface area contributed by atoms with E-state index in [4.69, 9.17) is 14.2 Å². The van der Waals surface area contributed by atoms with Gasteiger partial charge in [0.1, 0.15) is 17.6 Å². The number of aromatic nitrogens is 2. The number of nitrogens with zero attached hydrogens (tertiary/aromatic N) is 3. The van der Waals surface area contributed by atoms with Gasteiger partial charge >= 0.3 is 0 Å². The second-order valence-corrected chi connectivity index (χ2v) is 5.75. The summed E-state index contributed by atoms with van der Waals surface area (Å²) in [5, 5.41) is 7.72. The number of piperidine rings is 1. The van der Waals surface area contributed by atoms with Crippen LogP contribution in [0.5, 0.6) is 17.4 Å². The van der Waals surface area contributed by atoms with E-state index in [1.807, 2.05) is 0 Å². The van der Waals surface area contributed by atoms with Crippen molar-refractivity contribution in [2.24, 2.45) is 0 Å². The van der Waals surface area contributed by atoms with Crippen LogP contribution in [0, 0.1) is 0 Å². The number of methoxy groups -OCH3 is 1. The van der Waals surface area contributed by atoms with E-state index in [0.717, 1.165) is 18.6 Å². The molecule has 1 unspecified atom stereocenters. The van der Waals surface area contributed by atoms with Gasteiger partial charge in [0.05, 0.1) is 13.7 Å². The van der Waals surface area contributed by atoms with E-state index in [9.17, 15) is 4.79 Å². The first-order valence-electron chi connectivity index (χ1n) is 8.23. The third kappa shape index (κ3) is 4.82. The van der Waals surface area contributed by atoms with Crippen molar-refractivity contribution >= 4 is 5.91 Å². The first-order chi connectivity index (χ1) is 12.2. The molecule has 0 saturated carbocycles. The number of ether oxygens (including phenoxy) is 3. The van der Waals surface area contributed by atoms with E-state index in [-0.39, 0.29) is 18.6 Å². The van der Waals surface area contributed by atoms with Crippen molar-refractivity contribution in [1.82, 2.24) is 15.1 Å². The minimum atomic E-state index is -0.0737. The molecule has 0 N–H and O–H groups in total. The Morgan fingerprint density at radius 3 is 2.76 bits per heavy atom. The summed E-state index contributed by atoms with van der Waals surface area (Å²) in [5.74, 6) is 1.82. The van der Waals surface area contributed by atoms with Crippen molar-refractivity contribution in [1.29, 1.82) is 0 Å². The lowest BCUT2D eigenvalue weighted by molar-refractivity contribution is -0.136. The molecular formula is C18H21N3O4. The third-order valence-corrected chi connectivity index (χ3v) is 3.99. The Balaban J connectivity index is 1.49. The van der Waals surface area contributed by atoms with Crippen molar-refractivity contribution in [3.05, 3.63) is 42.6 Å². The summed E-state index contributed by atoms with van der Waals surface area (Å²) in [4.78, 5) is 14.2. The van der Waals surface area contributed by atoms with Gasteiger partial charge in [-0.3, -0.25) is 4.79 Å². The number of carbonyl (C=O) groups is 1. The van der Waals surface area contributed by atoms with Crippen molar-refractivity contribution in [3.8, 4) is 17.4 Å². The number of amides is 1. The SMILES string of the molecule is COc1ccc(OCC(=O)N2CCCC(Oc3cccnn3)C2)cc1. The van der Waals surface area contributed by atoms with Gasteiger partial charge in [-0.05, 0) is 43.2 Å². The van der Waals surface area contributed by atoms with E-state index in [1.54, 1.807) is 54.6 Å². The lowest BCUT2D eigenvalue weighted by Gasteiger charge is -2.32. The van der Waals surface area contributed by atoms with E-state index in [1.165, 1.54) is 0 Å². The smallest absolute Gasteiger partial charge is 0.260 e. The van der Waals surface area contributed by atoms with E-state index in [0.29, 0.717) is 24.7 Å². The molecule has 2 heterocycles. The second-order valence-electron chi connectivity index (χ2n) is 5.75. The van der Waals surface area contributed by atoms with Gasteiger partial charge in [-0.25, -0.2) is 0 Å². The molecule has 1 amide bonds. The fourth-order valence-electron chi connectivity index (χ4n) is 2.69. The van der Waals surface area contributed by atoms with Crippen molar-refractivity contribution in [2.75, 3.05) is 26.8 Å². The van der Waals surface area contributed by atoms with E-state index < -0.39 is 0 Å². The van der Waals surface area contributed by atoms with E-state index in [2.05, 4.69) is 10.2 Å². The Labute approximate surface area is 146 Å². The Morgan fingerprint density at radius 2 is 2.04 bits per heavy atom. The molecule has 1 aliphatic rings. The molecule has 7 nitrogen and oxygen atoms in total. The molecule has 1 aromatic heterocycles. The van der Waals surface area contributed by atoms with Gasteiger partial charge in [0, 0.05) is 18.8 Å². The molecule has 1 fully saturated rings. The normalized spacial score (nSPS) is 17.0. The van der Waals surface area contributed by atoms with Crippen molar-refractivity contribution in [3.63, 3.8) is 0 Å². The predicted molar refractivity (Wildman–Crippen MR) is 90.8 cm³/mol. The van der Waals surface area contributed by atoms with Gasteiger partial charge in [-0.2, -0.15) is 5.10 Å². The summed E-state index contributed by atoms with van der Waals surface area (Å²) in [6.07, 6.45) is 3.30. The molecule has 1 saturated heterocycles. The summed E-state index contributed by atoms with van der Waals surface area (Å²) in [5.41, 5.74) is 0. The fraction of sp³-hybridized carbons (Fsp3) is 0.389. The average molecular weight is 343 g/mol. The summed E-state index contributed by atoms with van der Waals surface area (Å²) in [6.45, 7) is 1.25. The first-order valence-corrected chi connectivity index (χ1v) is 8.23. The van der Waals surface area contributed by atoms with E-state index >= 15 is 0 Å². The van der Waals surface area contributed by atoms with Crippen LogP contribution in [0.15, 0.2) is 42.6 Å².